The molecule has 52 valence electrons. The summed E-state index contributed by atoms with van der Waals surface area (Å²) in [5, 5.41) is 0. The topological polar surface area (TPSA) is 117 Å². The van der Waals surface area contributed by atoms with Crippen LogP contribution in [0.25, 0.3) is 10.4 Å². The number of nitrogens with zero attached hydrogens (tertiary/aromatic N) is 3. The summed E-state index contributed by atoms with van der Waals surface area (Å²) in [5.74, 6) is 0. The van der Waals surface area contributed by atoms with Gasteiger partial charge in [-0.05, 0) is 5.53 Å². The summed E-state index contributed by atoms with van der Waals surface area (Å²) in [6, 6.07) is 0. The fourth-order valence-electron chi connectivity index (χ4n) is 0.0760. The summed E-state index contributed by atoms with van der Waals surface area (Å²) >= 11 is 0. The molecular formula is HN3O4S2. The van der Waals surface area contributed by atoms with Gasteiger partial charge >= 0.3 is 9.06 Å². The molecule has 0 aliphatic carbocycles. The maximum absolute atomic E-state index is 9.91. The largest absolute Gasteiger partial charge is 0.338 e. The van der Waals surface area contributed by atoms with Crippen molar-refractivity contribution in [1.29, 1.82) is 0 Å². The monoisotopic (exact) mass is 171 g/mol. The van der Waals surface area contributed by atoms with Crippen molar-refractivity contribution in [3.63, 3.8) is 0 Å². The van der Waals surface area contributed by atoms with Crippen LogP contribution in [0.15, 0.2) is 4.52 Å². The molecule has 0 saturated heterocycles. The van der Waals surface area contributed by atoms with Gasteiger partial charge in [-0.1, -0.05) is 0 Å². The molecule has 0 fully saturated rings. The van der Waals surface area contributed by atoms with E-state index in [1.54, 1.807) is 4.91 Å². The molecule has 9 heavy (non-hydrogen) atoms. The summed E-state index contributed by atoms with van der Waals surface area (Å²) in [5.41, 5.74) is 7.46. The molecule has 0 aromatic rings. The molecule has 0 aromatic heterocycles. The Balaban J connectivity index is 5.10. The van der Waals surface area contributed by atoms with E-state index in [4.69, 9.17) is 5.53 Å². The van der Waals surface area contributed by atoms with Crippen molar-refractivity contribution >= 4 is 18.8 Å². The summed E-state index contributed by atoms with van der Waals surface area (Å²) in [6.07, 6.45) is 0. The second-order valence-corrected chi connectivity index (χ2v) is 4.63. The highest BCUT2D eigenvalue weighted by Gasteiger charge is 2.07. The van der Waals surface area contributed by atoms with Gasteiger partial charge in [-0.15, -0.1) is 0 Å². The molecule has 0 N–H and O–H groups in total. The van der Waals surface area contributed by atoms with Gasteiger partial charge in [-0.3, -0.25) is 0 Å². The second kappa shape index (κ2) is 2.67. The lowest BCUT2D eigenvalue weighted by Gasteiger charge is -1.74. The normalized spacial score (nSPS) is 10.8. The van der Waals surface area contributed by atoms with Gasteiger partial charge in [0.1, 0.15) is 0 Å². The highest BCUT2D eigenvalue weighted by atomic mass is 33.2. The van der Waals surface area contributed by atoms with Crippen molar-refractivity contribution in [3.05, 3.63) is 10.4 Å². The summed E-state index contributed by atoms with van der Waals surface area (Å²) in [7, 11) is -8.28. The van der Waals surface area contributed by atoms with Gasteiger partial charge in [0.15, 0.2) is 0 Å². The molecule has 0 radical (unpaired) electrons. The predicted octanol–water partition coefficient (Wildman–Crippen LogP) is -0.847. The van der Waals surface area contributed by atoms with E-state index in [-0.39, 0.29) is 0 Å². The number of azide groups is 1. The maximum Gasteiger partial charge on any atom is 0.338 e. The zero-order valence-corrected chi connectivity index (χ0v) is 5.54. The molecule has 0 spiro atoms. The fraction of sp³-hybridized carbons (Fsp3) is 0. The molecule has 7 nitrogen and oxygen atoms in total. The molecule has 0 aliphatic heterocycles. The van der Waals surface area contributed by atoms with Crippen LogP contribution < -0.4 is 0 Å². The fourth-order valence-corrected chi connectivity index (χ4v) is 0.505. The van der Waals surface area contributed by atoms with Crippen LogP contribution in [0.5, 0.6) is 0 Å². The first kappa shape index (κ1) is 8.21. The van der Waals surface area contributed by atoms with Gasteiger partial charge < -0.3 is 0 Å². The SMILES string of the molecule is [N-]=[N+]=NS(=O)(=O)[SH](=O)=O. The average Bonchev–Trinajstić information content (AvgIpc) is 1.65. The highest BCUT2D eigenvalue weighted by Crippen LogP contribution is 1.90. The summed E-state index contributed by atoms with van der Waals surface area (Å²) < 4.78 is 41.0. The van der Waals surface area contributed by atoms with Crippen molar-refractivity contribution in [3.8, 4) is 0 Å². The van der Waals surface area contributed by atoms with Crippen molar-refractivity contribution in [2.24, 2.45) is 4.52 Å². The average molecular weight is 171 g/mol. The Morgan fingerprint density at radius 2 is 1.89 bits per heavy atom. The van der Waals surface area contributed by atoms with Crippen LogP contribution in [0.3, 0.4) is 0 Å². The van der Waals surface area contributed by atoms with E-state index in [1.165, 1.54) is 0 Å². The van der Waals surface area contributed by atoms with E-state index in [0.717, 1.165) is 0 Å². The third kappa shape index (κ3) is 2.31. The lowest BCUT2D eigenvalue weighted by molar-refractivity contribution is 0.593. The first-order valence-corrected chi connectivity index (χ1v) is 4.69. The Labute approximate surface area is 51.3 Å². The van der Waals surface area contributed by atoms with Crippen molar-refractivity contribution in [2.75, 3.05) is 0 Å². The minimum atomic E-state index is -4.59. The van der Waals surface area contributed by atoms with Crippen LogP contribution in [0.1, 0.15) is 0 Å². The molecule has 0 rings (SSSR count). The second-order valence-electron chi connectivity index (χ2n) is 0.843. The molecule has 0 aromatic carbocycles. The minimum absolute atomic E-state index is 1.78. The van der Waals surface area contributed by atoms with Crippen LogP contribution >= 0.6 is 0 Å². The van der Waals surface area contributed by atoms with E-state index < -0.39 is 18.8 Å². The number of hydrogen-bond acceptors (Lipinski definition) is 4. The standard InChI is InChI=1S/HN3O4S2/c1-2-3-9(6,7)8(4)5/h8H. The van der Waals surface area contributed by atoms with Crippen LogP contribution in [-0.2, 0) is 18.8 Å². The Morgan fingerprint density at radius 3 is 2.00 bits per heavy atom. The van der Waals surface area contributed by atoms with Crippen molar-refractivity contribution < 1.29 is 16.8 Å². The highest BCUT2D eigenvalue weighted by molar-refractivity contribution is 8.58. The molecule has 0 saturated carbocycles. The van der Waals surface area contributed by atoms with Gasteiger partial charge in [0.05, 0.1) is 0 Å². The Bertz CT molecular complexity index is 293. The van der Waals surface area contributed by atoms with Gasteiger partial charge in [-0.2, -0.15) is 0 Å². The zero-order chi connectivity index (χ0) is 7.49. The van der Waals surface area contributed by atoms with Gasteiger partial charge in [0.2, 0.25) is 0 Å². The number of rotatable bonds is 2. The van der Waals surface area contributed by atoms with Gasteiger partial charge in [-0.25, -0.2) is 16.8 Å². The zero-order valence-electron chi connectivity index (χ0n) is 3.83. The third-order valence-corrected chi connectivity index (χ3v) is 2.33. The van der Waals surface area contributed by atoms with Crippen LogP contribution in [0, 0.1) is 0 Å². The Morgan fingerprint density at radius 1 is 1.44 bits per heavy atom. The van der Waals surface area contributed by atoms with Crippen LogP contribution in [-0.4, -0.2) is 16.8 Å². The van der Waals surface area contributed by atoms with Crippen molar-refractivity contribution in [2.45, 2.75) is 0 Å². The Kier molecular flexibility index (Phi) is 2.43. The molecule has 0 atom stereocenters. The third-order valence-electron chi connectivity index (χ3n) is 0.328. The van der Waals surface area contributed by atoms with E-state index in [1.807, 2.05) is 4.52 Å². The first-order chi connectivity index (χ1) is 4.00. The van der Waals surface area contributed by atoms with Gasteiger partial charge in [0, 0.05) is 9.43 Å². The Hall–Kier alpha value is -0.790. The maximum atomic E-state index is 9.91. The molecule has 0 amide bonds. The quantitative estimate of drug-likeness (QED) is 0.191. The summed E-state index contributed by atoms with van der Waals surface area (Å²) in [4.78, 5) is 1.78. The molecule has 0 bridgehead atoms. The van der Waals surface area contributed by atoms with E-state index in [2.05, 4.69) is 0 Å². The lowest BCUT2D eigenvalue weighted by Crippen LogP contribution is -1.93. The lowest BCUT2D eigenvalue weighted by atomic mass is 13.0. The molecule has 9 heteroatoms. The molecule has 0 aliphatic rings. The number of thiol groups is 1. The van der Waals surface area contributed by atoms with Crippen molar-refractivity contribution in [1.82, 2.24) is 0 Å². The summed E-state index contributed by atoms with van der Waals surface area (Å²) in [6.45, 7) is 0. The molecular weight excluding hydrogens is 170 g/mol. The molecule has 0 heterocycles. The first-order valence-electron chi connectivity index (χ1n) is 1.46. The van der Waals surface area contributed by atoms with Gasteiger partial charge in [0.25, 0.3) is 9.74 Å². The number of hydrogen-bond donors (Lipinski definition) is 1. The molecule has 0 unspecified atom stereocenters. The predicted molar refractivity (Wildman–Crippen MR) is 28.4 cm³/mol. The van der Waals surface area contributed by atoms with E-state index >= 15 is 0 Å². The van der Waals surface area contributed by atoms with Crippen LogP contribution in [0.4, 0.5) is 0 Å². The smallest absolute Gasteiger partial charge is 0.215 e. The van der Waals surface area contributed by atoms with E-state index in [0.29, 0.717) is 0 Å². The minimum Gasteiger partial charge on any atom is -0.215 e. The van der Waals surface area contributed by atoms with Crippen LogP contribution in [0.2, 0.25) is 0 Å². The van der Waals surface area contributed by atoms with E-state index in [9.17, 15) is 16.8 Å².